The average molecular weight is 718 g/mol. The molecule has 0 bridgehead atoms. The molecule has 0 aromatic heterocycles. The smallest absolute Gasteiger partial charge is 0.744 e. The van der Waals surface area contributed by atoms with Crippen molar-refractivity contribution in [2.45, 2.75) is 35.5 Å². The van der Waals surface area contributed by atoms with Crippen molar-refractivity contribution in [2.75, 3.05) is 0 Å². The van der Waals surface area contributed by atoms with E-state index in [2.05, 4.69) is 0 Å². The molecule has 6 aromatic rings. The predicted octanol–water partition coefficient (Wildman–Crippen LogP) is 5.40. The van der Waals surface area contributed by atoms with Gasteiger partial charge in [-0.2, -0.15) is 0 Å². The molecule has 0 heterocycles. The summed E-state index contributed by atoms with van der Waals surface area (Å²) >= 11 is 0. The molecule has 0 amide bonds. The van der Waals surface area contributed by atoms with Crippen LogP contribution in [-0.2, 0) is 30.4 Å². The van der Waals surface area contributed by atoms with Crippen LogP contribution >= 0.6 is 0 Å². The van der Waals surface area contributed by atoms with Gasteiger partial charge in [-0.05, 0) is 69.8 Å². The molecule has 238 valence electrons. The molecule has 47 heavy (non-hydrogen) atoms. The van der Waals surface area contributed by atoms with Gasteiger partial charge in [0.25, 0.3) is 0 Å². The van der Waals surface area contributed by atoms with Gasteiger partial charge in [-0.15, -0.1) is 0 Å². The predicted molar refractivity (Wildman–Crippen MR) is 181 cm³/mol. The fourth-order valence-corrected chi connectivity index (χ4v) is 7.80. The van der Waals surface area contributed by atoms with Gasteiger partial charge < -0.3 is 13.7 Å². The Morgan fingerprint density at radius 2 is 0.574 bits per heavy atom. The molecule has 6 rings (SSSR count). The van der Waals surface area contributed by atoms with Crippen molar-refractivity contribution >= 4 is 97.4 Å². The van der Waals surface area contributed by atoms with Crippen molar-refractivity contribution in [2.24, 2.45) is 0 Å². The van der Waals surface area contributed by atoms with Crippen molar-refractivity contribution < 1.29 is 38.9 Å². The first kappa shape index (κ1) is 40.1. The van der Waals surface area contributed by atoms with Gasteiger partial charge in [0.1, 0.15) is 30.4 Å². The SMILES string of the molecule is Cc1ccc2ccccc2c1S(=O)(=O)[O-].Cc1ccc2ccccc2c1S(=O)(=O)[O-].Cc1ccc2ccccc2c1S(=O)(=O)[O-].[Al+].[Al+]. The normalized spacial score (nSPS) is 11.4. The van der Waals surface area contributed by atoms with E-state index in [9.17, 15) is 38.9 Å². The van der Waals surface area contributed by atoms with E-state index in [1.165, 1.54) is 0 Å². The first-order valence-corrected chi connectivity index (χ1v) is 17.6. The summed E-state index contributed by atoms with van der Waals surface area (Å²) in [4.78, 5) is -0.332. The molecule has 9 nitrogen and oxygen atoms in total. The minimum atomic E-state index is -4.41. The molecule has 0 atom stereocenters. The number of rotatable bonds is 3. The summed E-state index contributed by atoms with van der Waals surface area (Å²) in [5.41, 5.74) is 1.47. The summed E-state index contributed by atoms with van der Waals surface area (Å²) in [6, 6.07) is 31.2. The monoisotopic (exact) mass is 717 g/mol. The van der Waals surface area contributed by atoms with Crippen LogP contribution in [0.3, 0.4) is 0 Å². The molecule has 0 aliphatic heterocycles. The van der Waals surface area contributed by atoms with E-state index in [-0.39, 0.29) is 49.4 Å². The quantitative estimate of drug-likeness (QED) is 0.172. The van der Waals surface area contributed by atoms with Gasteiger partial charge >= 0.3 is 34.7 Å². The molecular weight excluding hydrogens is 691 g/mol. The zero-order valence-corrected chi connectivity index (χ0v) is 30.2. The second-order valence-corrected chi connectivity index (χ2v) is 14.1. The first-order chi connectivity index (χ1) is 21.0. The summed E-state index contributed by atoms with van der Waals surface area (Å²) in [7, 11) is -13.2. The third-order valence-electron chi connectivity index (χ3n) is 6.98. The van der Waals surface area contributed by atoms with Crippen LogP contribution in [0.1, 0.15) is 16.7 Å². The van der Waals surface area contributed by atoms with Gasteiger partial charge in [-0.1, -0.05) is 109 Å². The number of hydrogen-bond donors (Lipinski definition) is 0. The van der Waals surface area contributed by atoms with Crippen LogP contribution in [0.4, 0.5) is 0 Å². The van der Waals surface area contributed by atoms with Gasteiger partial charge in [0.15, 0.2) is 0 Å². The molecule has 14 heteroatoms. The van der Waals surface area contributed by atoms with E-state index < -0.39 is 30.4 Å². The fourth-order valence-electron chi connectivity index (χ4n) is 5.05. The van der Waals surface area contributed by atoms with Crippen molar-refractivity contribution in [1.29, 1.82) is 0 Å². The van der Waals surface area contributed by atoms with Gasteiger partial charge in [-0.25, -0.2) is 25.3 Å². The largest absolute Gasteiger partial charge is 1.00 e. The Labute approximate surface area is 295 Å². The Kier molecular flexibility index (Phi) is 13.5. The summed E-state index contributed by atoms with van der Waals surface area (Å²) in [5, 5.41) is 3.76. The molecule has 0 N–H and O–H groups in total. The standard InChI is InChI=1S/3C11H10O3S.2Al/c3*1-8-6-7-9-4-2-3-5-10(9)11(8)15(12,13)14;;/h3*2-7H,1H3,(H,12,13,14);;/q;;;2*+1/p-3. The van der Waals surface area contributed by atoms with Crippen LogP contribution in [0, 0.1) is 20.8 Å². The molecular formula is C33H27Al2O9S3-. The number of benzene rings is 6. The molecule has 0 saturated carbocycles. The van der Waals surface area contributed by atoms with Gasteiger partial charge in [-0.3, -0.25) is 0 Å². The van der Waals surface area contributed by atoms with Gasteiger partial charge in [0, 0.05) is 0 Å². The fraction of sp³-hybridized carbons (Fsp3) is 0.0909. The zero-order chi connectivity index (χ0) is 33.2. The number of fused-ring (bicyclic) bond motifs is 3. The Hall–Kier alpha value is -3.11. The molecule has 6 aromatic carbocycles. The first-order valence-electron chi connectivity index (χ1n) is 13.3. The van der Waals surface area contributed by atoms with Crippen LogP contribution in [-0.4, -0.2) is 73.6 Å². The minimum absolute atomic E-state index is 0. The molecule has 0 aliphatic rings. The third kappa shape index (κ3) is 9.50. The van der Waals surface area contributed by atoms with Crippen LogP contribution in [0.5, 0.6) is 0 Å². The molecule has 0 aliphatic carbocycles. The second kappa shape index (κ2) is 15.9. The van der Waals surface area contributed by atoms with E-state index in [1.807, 2.05) is 0 Å². The Balaban J connectivity index is 0.000000240. The second-order valence-electron chi connectivity index (χ2n) is 10.2. The maximum atomic E-state index is 11.1. The van der Waals surface area contributed by atoms with Crippen LogP contribution in [0.2, 0.25) is 0 Å². The van der Waals surface area contributed by atoms with Crippen LogP contribution < -0.4 is 0 Å². The van der Waals surface area contributed by atoms with E-state index in [0.29, 0.717) is 32.8 Å². The molecule has 0 fully saturated rings. The molecule has 4 radical (unpaired) electrons. The summed E-state index contributed by atoms with van der Waals surface area (Å²) in [6.07, 6.45) is 0. The topological polar surface area (TPSA) is 172 Å². The maximum absolute atomic E-state index is 11.1. The van der Waals surface area contributed by atoms with Crippen LogP contribution in [0.25, 0.3) is 32.3 Å². The van der Waals surface area contributed by atoms with Gasteiger partial charge in [0.05, 0.1) is 14.7 Å². The number of hydrogen-bond acceptors (Lipinski definition) is 9. The van der Waals surface area contributed by atoms with Gasteiger partial charge in [0.2, 0.25) is 0 Å². The Morgan fingerprint density at radius 1 is 0.362 bits per heavy atom. The third-order valence-corrected chi connectivity index (χ3v) is 10.1. The molecule has 0 saturated heterocycles. The Bertz CT molecular complexity index is 2130. The van der Waals surface area contributed by atoms with E-state index in [1.54, 1.807) is 130 Å². The summed E-state index contributed by atoms with van der Waals surface area (Å²) in [5.74, 6) is 0. The minimum Gasteiger partial charge on any atom is -0.744 e. The maximum Gasteiger partial charge on any atom is 1.00 e. The summed E-state index contributed by atoms with van der Waals surface area (Å²) in [6.45, 7) is 4.87. The molecule has 0 spiro atoms. The van der Waals surface area contributed by atoms with E-state index in [4.69, 9.17) is 0 Å². The van der Waals surface area contributed by atoms with E-state index in [0.717, 1.165) is 16.2 Å². The van der Waals surface area contributed by atoms with E-state index >= 15 is 0 Å². The van der Waals surface area contributed by atoms with Crippen molar-refractivity contribution in [3.63, 3.8) is 0 Å². The summed E-state index contributed by atoms with van der Waals surface area (Å²) < 4.78 is 100. The van der Waals surface area contributed by atoms with Crippen molar-refractivity contribution in [3.05, 3.63) is 126 Å². The number of aryl methyl sites for hydroxylation is 3. The average Bonchev–Trinajstić information content (AvgIpc) is 2.95. The van der Waals surface area contributed by atoms with Crippen molar-refractivity contribution in [1.82, 2.24) is 0 Å². The Morgan fingerprint density at radius 3 is 0.787 bits per heavy atom. The zero-order valence-electron chi connectivity index (χ0n) is 25.4. The van der Waals surface area contributed by atoms with Crippen LogP contribution in [0.15, 0.2) is 124 Å². The molecule has 0 unspecified atom stereocenters. The van der Waals surface area contributed by atoms with Crippen molar-refractivity contribution in [3.8, 4) is 0 Å².